The maximum atomic E-state index is 12.1. The first-order valence-corrected chi connectivity index (χ1v) is 10.00. The van der Waals surface area contributed by atoms with Gasteiger partial charge in [0, 0.05) is 17.2 Å². The Morgan fingerprint density at radius 1 is 1.06 bits per heavy atom. The number of halogens is 1. The third kappa shape index (κ3) is 6.82. The number of ether oxygens (including phenoxy) is 2. The van der Waals surface area contributed by atoms with Crippen LogP contribution in [-0.2, 0) is 11.4 Å². The topological polar surface area (TPSA) is 103 Å². The van der Waals surface area contributed by atoms with Crippen molar-refractivity contribution in [2.45, 2.75) is 19.6 Å². The Morgan fingerprint density at radius 2 is 1.69 bits per heavy atom. The van der Waals surface area contributed by atoms with E-state index in [2.05, 4.69) is 10.5 Å². The van der Waals surface area contributed by atoms with Crippen molar-refractivity contribution < 1.29 is 19.2 Å². The van der Waals surface area contributed by atoms with Gasteiger partial charge in [0.2, 0.25) is 0 Å². The molecule has 3 rings (SSSR count). The van der Waals surface area contributed by atoms with Crippen molar-refractivity contribution >= 4 is 29.4 Å². The lowest BCUT2D eigenvalue weighted by molar-refractivity contribution is -0.384. The molecule has 164 valence electrons. The molecule has 0 saturated heterocycles. The van der Waals surface area contributed by atoms with Gasteiger partial charge in [-0.25, -0.2) is 5.43 Å². The van der Waals surface area contributed by atoms with Gasteiger partial charge in [0.15, 0.2) is 6.10 Å². The summed E-state index contributed by atoms with van der Waals surface area (Å²) < 4.78 is 11.2. The maximum Gasteiger partial charge on any atom is 0.280 e. The Bertz CT molecular complexity index is 1080. The Kier molecular flexibility index (Phi) is 7.77. The predicted molar refractivity (Wildman–Crippen MR) is 121 cm³/mol. The number of hydrazone groups is 1. The van der Waals surface area contributed by atoms with Crippen LogP contribution in [0.1, 0.15) is 18.1 Å². The first-order valence-electron chi connectivity index (χ1n) is 9.62. The lowest BCUT2D eigenvalue weighted by Gasteiger charge is -2.12. The van der Waals surface area contributed by atoms with Crippen molar-refractivity contribution in [2.24, 2.45) is 5.10 Å². The van der Waals surface area contributed by atoms with Crippen LogP contribution in [0.25, 0.3) is 0 Å². The minimum Gasteiger partial charge on any atom is -0.489 e. The molecule has 0 heterocycles. The van der Waals surface area contributed by atoms with Crippen LogP contribution in [0.5, 0.6) is 11.5 Å². The summed E-state index contributed by atoms with van der Waals surface area (Å²) in [7, 11) is 0. The first kappa shape index (κ1) is 22.8. The molecule has 0 aliphatic carbocycles. The monoisotopic (exact) mass is 453 g/mol. The highest BCUT2D eigenvalue weighted by Crippen LogP contribution is 2.18. The number of hydrogen-bond acceptors (Lipinski definition) is 6. The van der Waals surface area contributed by atoms with Gasteiger partial charge in [0.05, 0.1) is 11.1 Å². The zero-order chi connectivity index (χ0) is 22.9. The summed E-state index contributed by atoms with van der Waals surface area (Å²) in [6.45, 7) is 1.98. The summed E-state index contributed by atoms with van der Waals surface area (Å²) in [6, 6.07) is 20.1. The van der Waals surface area contributed by atoms with Crippen LogP contribution in [0.15, 0.2) is 77.9 Å². The van der Waals surface area contributed by atoms with E-state index in [1.807, 2.05) is 36.4 Å². The molecule has 1 amide bonds. The van der Waals surface area contributed by atoms with E-state index in [-0.39, 0.29) is 5.69 Å². The van der Waals surface area contributed by atoms with Gasteiger partial charge in [0.1, 0.15) is 18.1 Å². The second kappa shape index (κ2) is 10.9. The average Bonchev–Trinajstić information content (AvgIpc) is 2.80. The van der Waals surface area contributed by atoms with E-state index in [0.29, 0.717) is 23.1 Å². The molecule has 0 radical (unpaired) electrons. The lowest BCUT2D eigenvalue weighted by atomic mass is 10.2. The van der Waals surface area contributed by atoms with Gasteiger partial charge in [-0.15, -0.1) is 0 Å². The van der Waals surface area contributed by atoms with Gasteiger partial charge in [-0.1, -0.05) is 23.7 Å². The molecule has 0 spiro atoms. The van der Waals surface area contributed by atoms with Crippen molar-refractivity contribution in [1.29, 1.82) is 0 Å². The molecule has 3 aromatic carbocycles. The SMILES string of the molecule is CC(Oc1ccc([N+](=O)[O-])cc1)C(=O)NN=Cc1ccc(OCc2ccc(Cl)cc2)cc1. The van der Waals surface area contributed by atoms with Crippen LogP contribution < -0.4 is 14.9 Å². The second-order valence-corrected chi connectivity index (χ2v) is 7.17. The summed E-state index contributed by atoms with van der Waals surface area (Å²) in [5.74, 6) is 0.588. The standard InChI is InChI=1S/C23H20ClN3O5/c1-16(32-22-12-8-20(9-13-22)27(29)30)23(28)26-25-14-17-4-10-21(11-5-17)31-15-18-2-6-19(24)7-3-18/h2-14,16H,15H2,1H3,(H,26,28). The molecule has 0 aliphatic rings. The molecular formula is C23H20ClN3O5. The highest BCUT2D eigenvalue weighted by Gasteiger charge is 2.14. The van der Waals surface area contributed by atoms with E-state index in [1.165, 1.54) is 30.5 Å². The molecule has 0 saturated carbocycles. The average molecular weight is 454 g/mol. The molecule has 9 heteroatoms. The Morgan fingerprint density at radius 3 is 2.31 bits per heavy atom. The summed E-state index contributed by atoms with van der Waals surface area (Å²) in [6.07, 6.45) is 0.664. The minimum atomic E-state index is -0.836. The van der Waals surface area contributed by atoms with Crippen molar-refractivity contribution in [1.82, 2.24) is 5.43 Å². The van der Waals surface area contributed by atoms with E-state index in [9.17, 15) is 14.9 Å². The number of hydrogen-bond donors (Lipinski definition) is 1. The highest BCUT2D eigenvalue weighted by atomic mass is 35.5. The number of carbonyl (C=O) groups excluding carboxylic acids is 1. The zero-order valence-electron chi connectivity index (χ0n) is 17.1. The predicted octanol–water partition coefficient (Wildman–Crippen LogP) is 4.74. The Balaban J connectivity index is 1.45. The number of benzene rings is 3. The van der Waals surface area contributed by atoms with Crippen molar-refractivity contribution in [2.75, 3.05) is 0 Å². The molecule has 1 unspecified atom stereocenters. The van der Waals surface area contributed by atoms with E-state index in [0.717, 1.165) is 11.1 Å². The molecule has 0 aromatic heterocycles. The van der Waals surface area contributed by atoms with Gasteiger partial charge in [-0.05, 0) is 66.6 Å². The third-order valence-electron chi connectivity index (χ3n) is 4.32. The molecule has 8 nitrogen and oxygen atoms in total. The molecular weight excluding hydrogens is 434 g/mol. The molecule has 1 N–H and O–H groups in total. The van der Waals surface area contributed by atoms with Crippen LogP contribution in [0, 0.1) is 10.1 Å². The summed E-state index contributed by atoms with van der Waals surface area (Å²) in [5, 5.41) is 15.3. The Labute approximate surface area is 189 Å². The van der Waals surface area contributed by atoms with Crippen molar-refractivity contribution in [3.05, 3.63) is 99.1 Å². The molecule has 1 atom stereocenters. The maximum absolute atomic E-state index is 12.1. The molecule has 32 heavy (non-hydrogen) atoms. The minimum absolute atomic E-state index is 0.0551. The summed E-state index contributed by atoms with van der Waals surface area (Å²) >= 11 is 5.87. The van der Waals surface area contributed by atoms with Crippen LogP contribution in [-0.4, -0.2) is 23.1 Å². The summed E-state index contributed by atoms with van der Waals surface area (Å²) in [4.78, 5) is 22.3. The van der Waals surface area contributed by atoms with E-state index in [4.69, 9.17) is 21.1 Å². The van der Waals surface area contributed by atoms with Crippen molar-refractivity contribution in [3.8, 4) is 11.5 Å². The number of carbonyl (C=O) groups is 1. The van der Waals surface area contributed by atoms with Crippen LogP contribution in [0.2, 0.25) is 5.02 Å². The normalized spacial score (nSPS) is 11.7. The summed E-state index contributed by atoms with van der Waals surface area (Å²) in [5.41, 5.74) is 4.13. The molecule has 3 aromatic rings. The van der Waals surface area contributed by atoms with Gasteiger partial charge in [0.25, 0.3) is 11.6 Å². The molecule has 0 bridgehead atoms. The van der Waals surface area contributed by atoms with E-state index in [1.54, 1.807) is 19.1 Å². The van der Waals surface area contributed by atoms with E-state index >= 15 is 0 Å². The number of rotatable bonds is 9. The van der Waals surface area contributed by atoms with Crippen LogP contribution in [0.3, 0.4) is 0 Å². The van der Waals surface area contributed by atoms with Crippen molar-refractivity contribution in [3.63, 3.8) is 0 Å². The number of nitro benzene ring substituents is 1. The van der Waals surface area contributed by atoms with Crippen LogP contribution in [0.4, 0.5) is 5.69 Å². The van der Waals surface area contributed by atoms with E-state index < -0.39 is 16.9 Å². The fraction of sp³-hybridized carbons (Fsp3) is 0.130. The third-order valence-corrected chi connectivity index (χ3v) is 4.57. The molecule has 0 fully saturated rings. The van der Waals surface area contributed by atoms with Gasteiger partial charge < -0.3 is 9.47 Å². The number of nitrogens with zero attached hydrogens (tertiary/aromatic N) is 2. The Hall–Kier alpha value is -3.91. The fourth-order valence-corrected chi connectivity index (χ4v) is 2.69. The van der Waals surface area contributed by atoms with Crippen LogP contribution >= 0.6 is 11.6 Å². The largest absolute Gasteiger partial charge is 0.489 e. The smallest absolute Gasteiger partial charge is 0.280 e. The number of non-ortho nitro benzene ring substituents is 1. The highest BCUT2D eigenvalue weighted by molar-refractivity contribution is 6.30. The number of amides is 1. The van der Waals surface area contributed by atoms with Gasteiger partial charge >= 0.3 is 0 Å². The first-order chi connectivity index (χ1) is 15.4. The van der Waals surface area contributed by atoms with Gasteiger partial charge in [-0.3, -0.25) is 14.9 Å². The van der Waals surface area contributed by atoms with Gasteiger partial charge in [-0.2, -0.15) is 5.10 Å². The zero-order valence-corrected chi connectivity index (χ0v) is 17.9. The lowest BCUT2D eigenvalue weighted by Crippen LogP contribution is -2.33. The second-order valence-electron chi connectivity index (χ2n) is 6.73. The quantitative estimate of drug-likeness (QED) is 0.286. The molecule has 0 aliphatic heterocycles. The number of nitrogens with one attached hydrogen (secondary N) is 1. The number of nitro groups is 1. The fourth-order valence-electron chi connectivity index (χ4n) is 2.56.